The van der Waals surface area contributed by atoms with E-state index < -0.39 is 0 Å². The van der Waals surface area contributed by atoms with Crippen LogP contribution in [0.3, 0.4) is 0 Å². The Morgan fingerprint density at radius 1 is 0.680 bits per heavy atom. The van der Waals surface area contributed by atoms with Gasteiger partial charge in [-0.05, 0) is 41.8 Å². The topological polar surface area (TPSA) is 52.6 Å². The molecule has 2 aromatic carbocycles. The molecule has 2 rings (SSSR count). The van der Waals surface area contributed by atoms with E-state index in [1.165, 1.54) is 0 Å². The molecule has 0 aliphatic heterocycles. The highest BCUT2D eigenvalue weighted by Crippen LogP contribution is 2.13. The van der Waals surface area contributed by atoms with E-state index >= 15 is 0 Å². The van der Waals surface area contributed by atoms with Crippen molar-refractivity contribution in [1.82, 2.24) is 0 Å². The Labute approximate surface area is 163 Å². The zero-order valence-corrected chi connectivity index (χ0v) is 16.7. The van der Waals surface area contributed by atoms with Crippen molar-refractivity contribution < 1.29 is 19.1 Å². The molecule has 0 spiro atoms. The molecule has 0 fully saturated rings. The van der Waals surface area contributed by atoms with E-state index in [1.54, 1.807) is 0 Å². The van der Waals surface area contributed by atoms with Crippen LogP contribution in [0.1, 0.15) is 30.4 Å². The third-order valence-corrected chi connectivity index (χ3v) is 4.45. The van der Waals surface area contributed by atoms with Gasteiger partial charge in [0.1, 0.15) is 13.2 Å². The van der Waals surface area contributed by atoms with Crippen LogP contribution in [0.2, 0.25) is 0 Å². The van der Waals surface area contributed by atoms with Crippen LogP contribution in [-0.2, 0) is 32.3 Å². The lowest BCUT2D eigenvalue weighted by Crippen LogP contribution is -2.08. The number of carbonyl (C=O) groups excluding carboxylic acids is 2. The molecule has 6 heteroatoms. The maximum absolute atomic E-state index is 11.7. The van der Waals surface area contributed by atoms with Gasteiger partial charge in [-0.25, -0.2) is 0 Å². The van der Waals surface area contributed by atoms with Gasteiger partial charge < -0.3 is 9.47 Å². The first-order valence-corrected chi connectivity index (χ1v) is 9.41. The zero-order chi connectivity index (χ0) is 18.1. The van der Waals surface area contributed by atoms with Crippen LogP contribution in [0, 0.1) is 0 Å². The minimum atomic E-state index is -0.316. The monoisotopic (exact) mass is 468 g/mol. The molecular weight excluding hydrogens is 452 g/mol. The fourth-order valence-electron chi connectivity index (χ4n) is 2.01. The largest absolute Gasteiger partial charge is 0.461 e. The predicted octanol–water partition coefficient (Wildman–Crippen LogP) is 5.17. The van der Waals surface area contributed by atoms with Gasteiger partial charge in [-0.2, -0.15) is 0 Å². The number of benzene rings is 2. The first kappa shape index (κ1) is 19.7. The van der Waals surface area contributed by atoms with Gasteiger partial charge >= 0.3 is 11.9 Å². The van der Waals surface area contributed by atoms with E-state index in [-0.39, 0.29) is 38.0 Å². The Morgan fingerprint density at radius 3 is 1.40 bits per heavy atom. The van der Waals surface area contributed by atoms with Crippen molar-refractivity contribution in [3.63, 3.8) is 0 Å². The molecule has 0 heterocycles. The van der Waals surface area contributed by atoms with Crippen molar-refractivity contribution in [1.29, 1.82) is 0 Å². The molecule has 0 N–H and O–H groups in total. The minimum absolute atomic E-state index is 0.198. The van der Waals surface area contributed by atoms with E-state index in [0.717, 1.165) is 20.1 Å². The number of rotatable bonds is 8. The first-order valence-electron chi connectivity index (χ1n) is 7.83. The summed E-state index contributed by atoms with van der Waals surface area (Å²) >= 11 is 6.70. The molecule has 0 amide bonds. The number of carbonyl (C=O) groups is 2. The third-order valence-electron chi connectivity index (χ3n) is 3.39. The molecule has 2 aromatic rings. The predicted molar refractivity (Wildman–Crippen MR) is 102 cm³/mol. The molecule has 132 valence electrons. The molecule has 0 aliphatic rings. The van der Waals surface area contributed by atoms with Crippen LogP contribution in [0.4, 0.5) is 0 Å². The second-order valence-corrected chi connectivity index (χ2v) is 7.26. The number of ether oxygens (including phenoxy) is 2. The average molecular weight is 470 g/mol. The van der Waals surface area contributed by atoms with E-state index in [4.69, 9.17) is 9.47 Å². The smallest absolute Gasteiger partial charge is 0.306 e. The Balaban J connectivity index is 1.59. The number of hydrogen-bond acceptors (Lipinski definition) is 4. The van der Waals surface area contributed by atoms with Crippen molar-refractivity contribution in [2.75, 3.05) is 0 Å². The summed E-state index contributed by atoms with van der Waals surface area (Å²) in [5.74, 6) is -0.632. The fourth-order valence-corrected chi connectivity index (χ4v) is 2.54. The highest BCUT2D eigenvalue weighted by molar-refractivity contribution is 9.10. The lowest BCUT2D eigenvalue weighted by molar-refractivity contribution is -0.146. The maximum atomic E-state index is 11.7. The van der Waals surface area contributed by atoms with Gasteiger partial charge in [-0.15, -0.1) is 0 Å². The van der Waals surface area contributed by atoms with Gasteiger partial charge in [0.25, 0.3) is 0 Å². The van der Waals surface area contributed by atoms with Crippen LogP contribution in [0.15, 0.2) is 57.5 Å². The van der Waals surface area contributed by atoms with Gasteiger partial charge in [-0.3, -0.25) is 9.59 Å². The highest BCUT2D eigenvalue weighted by Gasteiger charge is 2.08. The molecular formula is C19H18Br2O4. The summed E-state index contributed by atoms with van der Waals surface area (Å²) in [7, 11) is 0. The van der Waals surface area contributed by atoms with Gasteiger partial charge in [-0.1, -0.05) is 56.1 Å². The molecule has 25 heavy (non-hydrogen) atoms. The van der Waals surface area contributed by atoms with Gasteiger partial charge in [0.2, 0.25) is 0 Å². The minimum Gasteiger partial charge on any atom is -0.461 e. The summed E-state index contributed by atoms with van der Waals surface area (Å²) in [6.07, 6.45) is 0.812. The highest BCUT2D eigenvalue weighted by atomic mass is 79.9. The molecule has 0 saturated carbocycles. The second-order valence-electron chi connectivity index (χ2n) is 5.43. The first-order chi connectivity index (χ1) is 12.0. The standard InChI is InChI=1S/C19H18Br2O4/c20-16-8-4-14(5-9-16)12-24-18(22)2-1-3-19(23)25-13-15-6-10-17(21)11-7-15/h4-11H,1-3,12-13H2. The lowest BCUT2D eigenvalue weighted by Gasteiger charge is -2.06. The van der Waals surface area contributed by atoms with Crippen LogP contribution >= 0.6 is 31.9 Å². The Kier molecular flexibility index (Phi) is 8.15. The van der Waals surface area contributed by atoms with Crippen molar-refractivity contribution in [2.45, 2.75) is 32.5 Å². The summed E-state index contributed by atoms with van der Waals surface area (Å²) < 4.78 is 12.3. The van der Waals surface area contributed by atoms with E-state index in [2.05, 4.69) is 31.9 Å². The van der Waals surface area contributed by atoms with E-state index in [9.17, 15) is 9.59 Å². The third kappa shape index (κ3) is 7.84. The number of halogens is 2. The summed E-state index contributed by atoms with van der Waals surface area (Å²) in [6, 6.07) is 15.1. The average Bonchev–Trinajstić information content (AvgIpc) is 2.61. The van der Waals surface area contributed by atoms with E-state index in [0.29, 0.717) is 6.42 Å². The Bertz CT molecular complexity index is 635. The Morgan fingerprint density at radius 2 is 1.04 bits per heavy atom. The molecule has 0 aliphatic carbocycles. The zero-order valence-electron chi connectivity index (χ0n) is 13.5. The normalized spacial score (nSPS) is 10.3. The summed E-state index contributed by atoms with van der Waals surface area (Å²) in [4.78, 5) is 23.4. The van der Waals surface area contributed by atoms with Crippen LogP contribution < -0.4 is 0 Å². The lowest BCUT2D eigenvalue weighted by atomic mass is 10.2. The quantitative estimate of drug-likeness (QED) is 0.500. The molecule has 0 saturated heterocycles. The summed E-state index contributed by atoms with van der Waals surface area (Å²) in [5, 5.41) is 0. The van der Waals surface area contributed by atoms with E-state index in [1.807, 2.05) is 48.5 Å². The van der Waals surface area contributed by atoms with Crippen LogP contribution in [0.25, 0.3) is 0 Å². The second kappa shape index (κ2) is 10.4. The maximum Gasteiger partial charge on any atom is 0.306 e. The Hall–Kier alpha value is -1.66. The van der Waals surface area contributed by atoms with Crippen molar-refractivity contribution in [3.8, 4) is 0 Å². The van der Waals surface area contributed by atoms with Crippen molar-refractivity contribution in [2.24, 2.45) is 0 Å². The van der Waals surface area contributed by atoms with Crippen LogP contribution in [-0.4, -0.2) is 11.9 Å². The molecule has 0 unspecified atom stereocenters. The van der Waals surface area contributed by atoms with Crippen LogP contribution in [0.5, 0.6) is 0 Å². The molecule has 0 aromatic heterocycles. The summed E-state index contributed by atoms with van der Waals surface area (Å²) in [6.45, 7) is 0.472. The van der Waals surface area contributed by atoms with Gasteiger partial charge in [0.15, 0.2) is 0 Å². The van der Waals surface area contributed by atoms with Crippen molar-refractivity contribution >= 4 is 43.8 Å². The summed E-state index contributed by atoms with van der Waals surface area (Å²) in [5.41, 5.74) is 1.84. The van der Waals surface area contributed by atoms with Gasteiger partial charge in [0, 0.05) is 21.8 Å². The molecule has 4 nitrogen and oxygen atoms in total. The molecule has 0 atom stereocenters. The SMILES string of the molecule is O=C(CCCC(=O)OCc1ccc(Br)cc1)OCc1ccc(Br)cc1. The molecule has 0 radical (unpaired) electrons. The number of esters is 2. The van der Waals surface area contributed by atoms with Gasteiger partial charge in [0.05, 0.1) is 0 Å². The van der Waals surface area contributed by atoms with Crippen molar-refractivity contribution in [3.05, 3.63) is 68.6 Å². The number of hydrogen-bond donors (Lipinski definition) is 0. The molecule has 0 bridgehead atoms. The fraction of sp³-hybridized carbons (Fsp3) is 0.263.